The molecule has 21 heavy (non-hydrogen) atoms. The van der Waals surface area contributed by atoms with Gasteiger partial charge in [-0.3, -0.25) is 4.79 Å². The van der Waals surface area contributed by atoms with E-state index in [1.54, 1.807) is 0 Å². The number of carboxylic acid groups (broad SMARTS) is 1. The molecule has 1 rings (SSSR count). The minimum Gasteiger partial charge on any atom is -0.481 e. The molecule has 124 valence electrons. The highest BCUT2D eigenvalue weighted by molar-refractivity contribution is 5.70. The lowest BCUT2D eigenvalue weighted by Crippen LogP contribution is -2.36. The van der Waals surface area contributed by atoms with Crippen molar-refractivity contribution in [2.75, 3.05) is 19.6 Å². The maximum Gasteiger partial charge on any atom is 0.306 e. The van der Waals surface area contributed by atoms with Crippen molar-refractivity contribution in [3.05, 3.63) is 0 Å². The summed E-state index contributed by atoms with van der Waals surface area (Å²) in [5.41, 5.74) is 0. The van der Waals surface area contributed by atoms with E-state index in [2.05, 4.69) is 11.8 Å². The average molecular weight is 297 g/mol. The molecular weight excluding hydrogens is 262 g/mol. The van der Waals surface area contributed by atoms with E-state index in [0.717, 1.165) is 25.9 Å². The van der Waals surface area contributed by atoms with Gasteiger partial charge in [-0.05, 0) is 38.9 Å². The van der Waals surface area contributed by atoms with Crippen LogP contribution in [-0.2, 0) is 4.79 Å². The van der Waals surface area contributed by atoms with Crippen molar-refractivity contribution in [1.29, 1.82) is 0 Å². The van der Waals surface area contributed by atoms with Crippen molar-refractivity contribution in [2.24, 2.45) is 5.92 Å². The number of rotatable bonds is 12. The average Bonchev–Trinajstić information content (AvgIpc) is 2.49. The third-order valence-corrected chi connectivity index (χ3v) is 4.76. The Morgan fingerprint density at radius 3 is 1.86 bits per heavy atom. The molecule has 1 aliphatic heterocycles. The number of hydrogen-bond donors (Lipinski definition) is 1. The summed E-state index contributed by atoms with van der Waals surface area (Å²) in [5, 5.41) is 8.97. The zero-order valence-corrected chi connectivity index (χ0v) is 14.0. The van der Waals surface area contributed by atoms with Crippen molar-refractivity contribution in [1.82, 2.24) is 4.90 Å². The van der Waals surface area contributed by atoms with Crippen molar-refractivity contribution in [2.45, 2.75) is 84.0 Å². The third-order valence-electron chi connectivity index (χ3n) is 4.76. The highest BCUT2D eigenvalue weighted by Crippen LogP contribution is 2.18. The van der Waals surface area contributed by atoms with Gasteiger partial charge in [0.25, 0.3) is 0 Å². The second kappa shape index (κ2) is 12.0. The predicted molar refractivity (Wildman–Crippen MR) is 88.6 cm³/mol. The molecular formula is C18H35NO2. The number of carboxylic acids is 1. The first-order valence-corrected chi connectivity index (χ1v) is 9.19. The fourth-order valence-corrected chi connectivity index (χ4v) is 3.23. The van der Waals surface area contributed by atoms with Gasteiger partial charge in [0.2, 0.25) is 0 Å². The van der Waals surface area contributed by atoms with E-state index in [1.165, 1.54) is 70.8 Å². The molecule has 0 unspecified atom stereocenters. The Kier molecular flexibility index (Phi) is 10.6. The first-order chi connectivity index (χ1) is 10.2. The lowest BCUT2D eigenvalue weighted by atomic mass is 9.97. The number of hydrogen-bond acceptors (Lipinski definition) is 2. The van der Waals surface area contributed by atoms with E-state index < -0.39 is 5.97 Å². The Morgan fingerprint density at radius 1 is 0.905 bits per heavy atom. The summed E-state index contributed by atoms with van der Waals surface area (Å²) in [5.74, 6) is -0.692. The minimum absolute atomic E-state index is 0.0889. The van der Waals surface area contributed by atoms with Gasteiger partial charge < -0.3 is 10.0 Å². The van der Waals surface area contributed by atoms with Crippen LogP contribution in [0, 0.1) is 5.92 Å². The first-order valence-electron chi connectivity index (χ1n) is 9.19. The normalized spacial score (nSPS) is 17.2. The van der Waals surface area contributed by atoms with Crippen molar-refractivity contribution >= 4 is 5.97 Å². The number of unbranched alkanes of at least 4 members (excludes halogenated alkanes) is 9. The van der Waals surface area contributed by atoms with Gasteiger partial charge in [0.05, 0.1) is 5.92 Å². The molecule has 0 aromatic rings. The fourth-order valence-electron chi connectivity index (χ4n) is 3.23. The summed E-state index contributed by atoms with van der Waals surface area (Å²) in [6.07, 6.45) is 15.5. The molecule has 1 N–H and O–H groups in total. The predicted octanol–water partition coefficient (Wildman–Crippen LogP) is 4.70. The second-order valence-electron chi connectivity index (χ2n) is 6.64. The Morgan fingerprint density at radius 2 is 1.38 bits per heavy atom. The molecule has 1 aliphatic rings. The number of carbonyl (C=O) groups is 1. The van der Waals surface area contributed by atoms with Crippen molar-refractivity contribution in [3.63, 3.8) is 0 Å². The Bertz CT molecular complexity index is 260. The molecule has 0 spiro atoms. The topological polar surface area (TPSA) is 40.5 Å². The number of nitrogens with zero attached hydrogens (tertiary/aromatic N) is 1. The zero-order valence-electron chi connectivity index (χ0n) is 14.0. The van der Waals surface area contributed by atoms with Gasteiger partial charge >= 0.3 is 5.97 Å². The van der Waals surface area contributed by atoms with Crippen molar-refractivity contribution < 1.29 is 9.90 Å². The molecule has 0 atom stereocenters. The lowest BCUT2D eigenvalue weighted by molar-refractivity contribution is -0.143. The molecule has 0 saturated carbocycles. The van der Waals surface area contributed by atoms with E-state index in [4.69, 9.17) is 5.11 Å². The van der Waals surface area contributed by atoms with Gasteiger partial charge in [-0.1, -0.05) is 64.7 Å². The molecule has 0 amide bonds. The van der Waals surface area contributed by atoms with Gasteiger partial charge in [0.15, 0.2) is 0 Å². The maximum absolute atomic E-state index is 10.9. The van der Waals surface area contributed by atoms with Crippen LogP contribution in [0.5, 0.6) is 0 Å². The number of piperidine rings is 1. The van der Waals surface area contributed by atoms with Crippen LogP contribution in [0.3, 0.4) is 0 Å². The van der Waals surface area contributed by atoms with Crippen LogP contribution in [-0.4, -0.2) is 35.6 Å². The van der Waals surface area contributed by atoms with Gasteiger partial charge in [0, 0.05) is 0 Å². The quantitative estimate of drug-likeness (QED) is 0.531. The lowest BCUT2D eigenvalue weighted by Gasteiger charge is -2.29. The van der Waals surface area contributed by atoms with Gasteiger partial charge in [-0.2, -0.15) is 0 Å². The third kappa shape index (κ3) is 9.13. The van der Waals surface area contributed by atoms with Crippen LogP contribution in [0.1, 0.15) is 84.0 Å². The van der Waals surface area contributed by atoms with Crippen LogP contribution in [0.15, 0.2) is 0 Å². The molecule has 0 aromatic heterocycles. The number of aliphatic carboxylic acids is 1. The Balaban J connectivity index is 1.84. The summed E-state index contributed by atoms with van der Waals surface area (Å²) in [6, 6.07) is 0. The highest BCUT2D eigenvalue weighted by atomic mass is 16.4. The molecule has 0 aromatic carbocycles. The van der Waals surface area contributed by atoms with E-state index in [0.29, 0.717) is 0 Å². The zero-order chi connectivity index (χ0) is 15.3. The standard InChI is InChI=1S/C18H35NO2/c1-2-3-4-5-6-7-8-9-10-11-14-19-15-12-17(13-16-19)18(20)21/h17H,2-16H2,1H3,(H,20,21). The Hall–Kier alpha value is -0.570. The van der Waals surface area contributed by atoms with Crippen LogP contribution >= 0.6 is 0 Å². The molecule has 0 bridgehead atoms. The summed E-state index contributed by atoms with van der Waals surface area (Å²) >= 11 is 0. The molecule has 1 heterocycles. The molecule has 0 radical (unpaired) electrons. The monoisotopic (exact) mass is 297 g/mol. The van der Waals surface area contributed by atoms with Crippen LogP contribution in [0.25, 0.3) is 0 Å². The molecule has 1 fully saturated rings. The molecule has 3 nitrogen and oxygen atoms in total. The van der Waals surface area contributed by atoms with Gasteiger partial charge in [-0.25, -0.2) is 0 Å². The van der Waals surface area contributed by atoms with Gasteiger partial charge in [0.1, 0.15) is 0 Å². The largest absolute Gasteiger partial charge is 0.481 e. The Labute approximate surface area is 131 Å². The van der Waals surface area contributed by atoms with E-state index in [9.17, 15) is 4.79 Å². The van der Waals surface area contributed by atoms with Crippen molar-refractivity contribution in [3.8, 4) is 0 Å². The number of likely N-dealkylation sites (tertiary alicyclic amines) is 1. The van der Waals surface area contributed by atoms with Crippen LogP contribution in [0.4, 0.5) is 0 Å². The fraction of sp³-hybridized carbons (Fsp3) is 0.944. The smallest absolute Gasteiger partial charge is 0.306 e. The maximum atomic E-state index is 10.9. The summed E-state index contributed by atoms with van der Waals surface area (Å²) in [7, 11) is 0. The highest BCUT2D eigenvalue weighted by Gasteiger charge is 2.23. The van der Waals surface area contributed by atoms with E-state index in [1.807, 2.05) is 0 Å². The molecule has 3 heteroatoms. The second-order valence-corrected chi connectivity index (χ2v) is 6.64. The molecule has 1 saturated heterocycles. The van der Waals surface area contributed by atoms with E-state index in [-0.39, 0.29) is 5.92 Å². The minimum atomic E-state index is -0.603. The summed E-state index contributed by atoms with van der Waals surface area (Å²) in [6.45, 7) is 5.40. The van der Waals surface area contributed by atoms with Crippen LogP contribution < -0.4 is 0 Å². The summed E-state index contributed by atoms with van der Waals surface area (Å²) in [4.78, 5) is 13.3. The van der Waals surface area contributed by atoms with Crippen LogP contribution in [0.2, 0.25) is 0 Å². The summed E-state index contributed by atoms with van der Waals surface area (Å²) < 4.78 is 0. The van der Waals surface area contributed by atoms with E-state index >= 15 is 0 Å². The molecule has 0 aliphatic carbocycles. The van der Waals surface area contributed by atoms with Gasteiger partial charge in [-0.15, -0.1) is 0 Å². The first kappa shape index (κ1) is 18.5. The SMILES string of the molecule is CCCCCCCCCCCCN1CCC(C(=O)O)CC1.